The van der Waals surface area contributed by atoms with Crippen LogP contribution in [0.25, 0.3) is 11.4 Å². The van der Waals surface area contributed by atoms with Crippen molar-refractivity contribution in [3.63, 3.8) is 0 Å². The molecule has 0 saturated carbocycles. The maximum Gasteiger partial charge on any atom is 0.314 e. The molecule has 0 aliphatic rings. The summed E-state index contributed by atoms with van der Waals surface area (Å²) in [6, 6.07) is 7.06. The highest BCUT2D eigenvalue weighted by Gasteiger charge is 2.20. The second kappa shape index (κ2) is 6.84. The van der Waals surface area contributed by atoms with Gasteiger partial charge in [-0.1, -0.05) is 12.1 Å². The van der Waals surface area contributed by atoms with Crippen LogP contribution in [0.15, 0.2) is 33.0 Å². The Balaban J connectivity index is 2.33. The normalized spacial score (nSPS) is 12.2. The number of benzene rings is 1. The smallest absolute Gasteiger partial charge is 0.314 e. The Kier molecular flexibility index (Phi) is 5.09. The van der Waals surface area contributed by atoms with Gasteiger partial charge in [-0.05, 0) is 19.1 Å². The first kappa shape index (κ1) is 16.4. The zero-order valence-corrected chi connectivity index (χ0v) is 13.9. The van der Waals surface area contributed by atoms with Gasteiger partial charge in [0.2, 0.25) is 0 Å². The predicted molar refractivity (Wildman–Crippen MR) is 83.8 cm³/mol. The lowest BCUT2D eigenvalue weighted by molar-refractivity contribution is 0.325. The summed E-state index contributed by atoms with van der Waals surface area (Å²) in [6.07, 6.45) is 0. The average Bonchev–Trinajstić information content (AvgIpc) is 2.98. The molecule has 0 radical (unpaired) electrons. The van der Waals surface area contributed by atoms with Gasteiger partial charge in [0.05, 0.1) is 13.7 Å². The van der Waals surface area contributed by atoms with E-state index in [1.165, 1.54) is 6.92 Å². The van der Waals surface area contributed by atoms with Gasteiger partial charge in [0, 0.05) is 24.0 Å². The summed E-state index contributed by atoms with van der Waals surface area (Å²) in [6.45, 7) is 3.57. The molecular formula is C13H15N3O4S2. The lowest BCUT2D eigenvalue weighted by Gasteiger charge is -2.01. The van der Waals surface area contributed by atoms with Crippen molar-refractivity contribution in [2.45, 2.75) is 18.2 Å². The number of rotatable bonds is 5. The molecule has 0 bridgehead atoms. The standard InChI is InChI=1S/C13H15N3O4S2/c1-4-20-9(2)16-22(17,18)13-14-12(15-21-13)10-6-5-7-11(8-10)19-3/h5-8H,4H2,1-3H3. The highest BCUT2D eigenvalue weighted by atomic mass is 32.2. The highest BCUT2D eigenvalue weighted by molar-refractivity contribution is 7.92. The van der Waals surface area contributed by atoms with Gasteiger partial charge in [0.1, 0.15) is 5.75 Å². The summed E-state index contributed by atoms with van der Waals surface area (Å²) >= 11 is 0.772. The second-order valence-corrected chi connectivity index (χ2v) is 6.66. The van der Waals surface area contributed by atoms with E-state index in [4.69, 9.17) is 9.47 Å². The molecule has 0 saturated heterocycles. The van der Waals surface area contributed by atoms with Gasteiger partial charge in [0.25, 0.3) is 4.34 Å². The van der Waals surface area contributed by atoms with E-state index < -0.39 is 10.0 Å². The number of aromatic nitrogens is 2. The summed E-state index contributed by atoms with van der Waals surface area (Å²) < 4.78 is 41.8. The molecule has 2 aromatic rings. The minimum absolute atomic E-state index is 0.0700. The van der Waals surface area contributed by atoms with Crippen molar-refractivity contribution in [2.75, 3.05) is 13.7 Å². The zero-order valence-electron chi connectivity index (χ0n) is 12.3. The fourth-order valence-electron chi connectivity index (χ4n) is 1.64. The summed E-state index contributed by atoms with van der Waals surface area (Å²) in [7, 11) is -2.36. The van der Waals surface area contributed by atoms with Crippen molar-refractivity contribution in [1.82, 2.24) is 9.36 Å². The van der Waals surface area contributed by atoms with Crippen LogP contribution in [0.1, 0.15) is 13.8 Å². The third-order valence-corrected chi connectivity index (χ3v) is 4.96. The van der Waals surface area contributed by atoms with Crippen LogP contribution < -0.4 is 4.74 Å². The Morgan fingerprint density at radius 2 is 2.18 bits per heavy atom. The highest BCUT2D eigenvalue weighted by Crippen LogP contribution is 2.25. The Morgan fingerprint density at radius 1 is 1.41 bits per heavy atom. The molecule has 0 N–H and O–H groups in total. The van der Waals surface area contributed by atoms with E-state index in [0.717, 1.165) is 11.5 Å². The van der Waals surface area contributed by atoms with E-state index in [-0.39, 0.29) is 10.2 Å². The molecule has 0 amide bonds. The van der Waals surface area contributed by atoms with E-state index in [0.29, 0.717) is 23.7 Å². The van der Waals surface area contributed by atoms with Crippen LogP contribution >= 0.6 is 11.5 Å². The van der Waals surface area contributed by atoms with Crippen LogP contribution in [0.5, 0.6) is 5.75 Å². The van der Waals surface area contributed by atoms with Gasteiger partial charge >= 0.3 is 10.0 Å². The van der Waals surface area contributed by atoms with Crippen molar-refractivity contribution >= 4 is 27.5 Å². The first-order chi connectivity index (χ1) is 10.5. The van der Waals surface area contributed by atoms with Gasteiger partial charge in [-0.3, -0.25) is 0 Å². The third kappa shape index (κ3) is 3.80. The molecule has 0 spiro atoms. The van der Waals surface area contributed by atoms with Crippen LogP contribution in [-0.4, -0.2) is 37.4 Å². The molecule has 22 heavy (non-hydrogen) atoms. The Hall–Kier alpha value is -2.00. The summed E-state index contributed by atoms with van der Waals surface area (Å²) in [5.74, 6) is 1.02. The van der Waals surface area contributed by atoms with Gasteiger partial charge in [-0.15, -0.1) is 4.40 Å². The number of methoxy groups -OCH3 is 1. The number of nitrogens with zero attached hydrogens (tertiary/aromatic N) is 3. The second-order valence-electron chi connectivity index (χ2n) is 4.13. The first-order valence-electron chi connectivity index (χ1n) is 6.38. The molecule has 1 heterocycles. The number of ether oxygens (including phenoxy) is 2. The Bertz CT molecular complexity index is 784. The molecule has 1 aromatic carbocycles. The van der Waals surface area contributed by atoms with Crippen molar-refractivity contribution in [1.29, 1.82) is 0 Å². The average molecular weight is 341 g/mol. The molecule has 2 rings (SSSR count). The number of hydrogen-bond acceptors (Lipinski definition) is 7. The van der Waals surface area contributed by atoms with Crippen LogP contribution in [0, 0.1) is 0 Å². The van der Waals surface area contributed by atoms with E-state index in [1.807, 2.05) is 0 Å². The van der Waals surface area contributed by atoms with E-state index >= 15 is 0 Å². The Labute approximate surface area is 132 Å². The van der Waals surface area contributed by atoms with Crippen LogP contribution in [0.2, 0.25) is 0 Å². The Morgan fingerprint density at radius 3 is 2.86 bits per heavy atom. The molecule has 118 valence electrons. The summed E-state index contributed by atoms with van der Waals surface area (Å²) in [5.41, 5.74) is 0.669. The molecule has 1 aromatic heterocycles. The van der Waals surface area contributed by atoms with Crippen molar-refractivity contribution in [2.24, 2.45) is 4.40 Å². The maximum absolute atomic E-state index is 12.1. The number of hydrogen-bond donors (Lipinski definition) is 0. The first-order valence-corrected chi connectivity index (χ1v) is 8.60. The predicted octanol–water partition coefficient (Wildman–Crippen LogP) is 2.36. The summed E-state index contributed by atoms with van der Waals surface area (Å²) in [4.78, 5) is 4.04. The number of sulfonamides is 1. The van der Waals surface area contributed by atoms with Gasteiger partial charge < -0.3 is 9.47 Å². The minimum atomic E-state index is -3.91. The summed E-state index contributed by atoms with van der Waals surface area (Å²) in [5, 5.41) is 0. The van der Waals surface area contributed by atoms with Gasteiger partial charge in [-0.2, -0.15) is 12.8 Å². The van der Waals surface area contributed by atoms with E-state index in [9.17, 15) is 8.42 Å². The minimum Gasteiger partial charge on any atom is -0.497 e. The molecular weight excluding hydrogens is 326 g/mol. The van der Waals surface area contributed by atoms with Gasteiger partial charge in [0.15, 0.2) is 11.7 Å². The molecule has 0 aliphatic heterocycles. The molecule has 9 heteroatoms. The van der Waals surface area contributed by atoms with Crippen LogP contribution in [0.4, 0.5) is 0 Å². The fraction of sp³-hybridized carbons (Fsp3) is 0.308. The monoisotopic (exact) mass is 341 g/mol. The molecule has 0 fully saturated rings. The lowest BCUT2D eigenvalue weighted by atomic mass is 10.2. The van der Waals surface area contributed by atoms with E-state index in [1.54, 1.807) is 38.3 Å². The SMILES string of the molecule is CCOC(C)=NS(=O)(=O)c1nc(-c2cccc(OC)c2)ns1. The molecule has 0 aliphatic carbocycles. The van der Waals surface area contributed by atoms with E-state index in [2.05, 4.69) is 13.8 Å². The van der Waals surface area contributed by atoms with Gasteiger partial charge in [-0.25, -0.2) is 4.98 Å². The lowest BCUT2D eigenvalue weighted by Crippen LogP contribution is -2.05. The third-order valence-electron chi connectivity index (χ3n) is 2.56. The molecule has 7 nitrogen and oxygen atoms in total. The maximum atomic E-state index is 12.1. The zero-order chi connectivity index (χ0) is 16.2. The largest absolute Gasteiger partial charge is 0.497 e. The molecule has 0 unspecified atom stereocenters. The topological polar surface area (TPSA) is 90.7 Å². The van der Waals surface area contributed by atoms with Crippen molar-refractivity contribution < 1.29 is 17.9 Å². The fourth-order valence-corrected chi connectivity index (χ4v) is 3.35. The van der Waals surface area contributed by atoms with Crippen molar-refractivity contribution in [3.8, 4) is 17.1 Å². The van der Waals surface area contributed by atoms with Crippen LogP contribution in [-0.2, 0) is 14.8 Å². The molecule has 0 atom stereocenters. The quantitative estimate of drug-likeness (QED) is 0.612. The van der Waals surface area contributed by atoms with Crippen LogP contribution in [0.3, 0.4) is 0 Å². The van der Waals surface area contributed by atoms with Crippen molar-refractivity contribution in [3.05, 3.63) is 24.3 Å².